The quantitative estimate of drug-likeness (QED) is 0.371. The van der Waals surface area contributed by atoms with E-state index in [1.165, 1.54) is 11.8 Å². The van der Waals surface area contributed by atoms with Gasteiger partial charge in [0, 0.05) is 40.0 Å². The summed E-state index contributed by atoms with van der Waals surface area (Å²) < 4.78 is 2.16. The lowest BCUT2D eigenvalue weighted by molar-refractivity contribution is -0.115. The first-order valence-corrected chi connectivity index (χ1v) is 11.3. The molecular formula is C23H22N6O2S. The van der Waals surface area contributed by atoms with Gasteiger partial charge in [0.25, 0.3) is 0 Å². The molecule has 0 saturated heterocycles. The Hall–Kier alpha value is -3.59. The van der Waals surface area contributed by atoms with Crippen molar-refractivity contribution in [3.8, 4) is 11.4 Å². The minimum Gasteiger partial charge on any atom is -0.366 e. The predicted octanol–water partition coefficient (Wildman–Crippen LogP) is 3.98. The molecule has 1 atom stereocenters. The van der Waals surface area contributed by atoms with Gasteiger partial charge in [-0.15, -0.1) is 10.2 Å². The summed E-state index contributed by atoms with van der Waals surface area (Å²) in [6.45, 7) is 1.84. The van der Waals surface area contributed by atoms with Gasteiger partial charge in [-0.05, 0) is 50.1 Å². The van der Waals surface area contributed by atoms with E-state index < -0.39 is 5.91 Å². The first kappa shape index (κ1) is 20.3. The molecule has 0 bridgehead atoms. The van der Waals surface area contributed by atoms with E-state index in [2.05, 4.69) is 31.1 Å². The van der Waals surface area contributed by atoms with Crippen molar-refractivity contribution >= 4 is 40.2 Å². The average molecular weight is 447 g/mol. The number of H-pyrrole nitrogens is 1. The van der Waals surface area contributed by atoms with Crippen LogP contribution in [-0.2, 0) is 4.79 Å². The first-order valence-electron chi connectivity index (χ1n) is 10.4. The van der Waals surface area contributed by atoms with E-state index in [0.29, 0.717) is 17.3 Å². The number of para-hydroxylation sites is 1. The van der Waals surface area contributed by atoms with E-state index in [0.717, 1.165) is 40.3 Å². The molecule has 2 aromatic carbocycles. The Morgan fingerprint density at radius 1 is 1.16 bits per heavy atom. The van der Waals surface area contributed by atoms with Crippen LogP contribution in [-0.4, -0.2) is 36.8 Å². The third-order valence-corrected chi connectivity index (χ3v) is 6.55. The van der Waals surface area contributed by atoms with Crippen molar-refractivity contribution in [2.45, 2.75) is 36.2 Å². The van der Waals surface area contributed by atoms with Gasteiger partial charge in [0.2, 0.25) is 11.8 Å². The molecule has 4 N–H and O–H groups in total. The Morgan fingerprint density at radius 2 is 1.91 bits per heavy atom. The number of rotatable bonds is 7. The van der Waals surface area contributed by atoms with Crippen LogP contribution in [0.1, 0.15) is 36.2 Å². The van der Waals surface area contributed by atoms with Crippen LogP contribution in [0.3, 0.4) is 0 Å². The first-order chi connectivity index (χ1) is 15.5. The van der Waals surface area contributed by atoms with Crippen molar-refractivity contribution in [1.29, 1.82) is 0 Å². The van der Waals surface area contributed by atoms with E-state index >= 15 is 0 Å². The van der Waals surface area contributed by atoms with Gasteiger partial charge in [0.05, 0.1) is 5.25 Å². The zero-order valence-electron chi connectivity index (χ0n) is 17.4. The van der Waals surface area contributed by atoms with Gasteiger partial charge in [-0.25, -0.2) is 0 Å². The summed E-state index contributed by atoms with van der Waals surface area (Å²) in [5, 5.41) is 13.2. The Morgan fingerprint density at radius 3 is 2.62 bits per heavy atom. The maximum atomic E-state index is 12.8. The van der Waals surface area contributed by atoms with Crippen molar-refractivity contribution in [2.75, 3.05) is 5.32 Å². The van der Waals surface area contributed by atoms with Crippen molar-refractivity contribution in [1.82, 2.24) is 19.7 Å². The monoisotopic (exact) mass is 446 g/mol. The summed E-state index contributed by atoms with van der Waals surface area (Å²) in [6.07, 6.45) is 4.12. The van der Waals surface area contributed by atoms with Crippen molar-refractivity contribution in [2.24, 2.45) is 5.73 Å². The Kier molecular flexibility index (Phi) is 5.18. The van der Waals surface area contributed by atoms with Crippen LogP contribution in [0.4, 0.5) is 5.69 Å². The highest BCUT2D eigenvalue weighted by molar-refractivity contribution is 8.00. The molecule has 162 valence electrons. The number of nitrogens with one attached hydrogen (secondary N) is 2. The van der Waals surface area contributed by atoms with E-state index in [1.54, 1.807) is 24.3 Å². The number of aromatic nitrogens is 4. The molecule has 2 amide bonds. The Bertz CT molecular complexity index is 1310. The third-order valence-electron chi connectivity index (χ3n) is 5.50. The van der Waals surface area contributed by atoms with Gasteiger partial charge in [-0.2, -0.15) is 0 Å². The lowest BCUT2D eigenvalue weighted by Gasteiger charge is -2.13. The number of thioether (sulfide) groups is 1. The van der Waals surface area contributed by atoms with Gasteiger partial charge in [0.1, 0.15) is 0 Å². The molecule has 2 heterocycles. The lowest BCUT2D eigenvalue weighted by atomic mass is 10.1. The number of hydrogen-bond acceptors (Lipinski definition) is 5. The van der Waals surface area contributed by atoms with Crippen LogP contribution in [0.25, 0.3) is 22.3 Å². The molecule has 2 aromatic heterocycles. The van der Waals surface area contributed by atoms with Gasteiger partial charge < -0.3 is 16.0 Å². The van der Waals surface area contributed by atoms with Crippen molar-refractivity contribution in [3.63, 3.8) is 0 Å². The SMILES string of the molecule is C[C@H](Sc1nnc(-c2c[nH]c3ccccc23)n1C1CC1)C(=O)Nc1ccc(C(N)=O)cc1. The van der Waals surface area contributed by atoms with Gasteiger partial charge in [0.15, 0.2) is 11.0 Å². The fourth-order valence-corrected chi connectivity index (χ4v) is 4.55. The second-order valence-corrected chi connectivity index (χ2v) is 9.15. The lowest BCUT2D eigenvalue weighted by Crippen LogP contribution is -2.23. The molecule has 1 saturated carbocycles. The fourth-order valence-electron chi connectivity index (χ4n) is 3.63. The molecule has 1 aliphatic carbocycles. The second kappa shape index (κ2) is 8.16. The molecule has 32 heavy (non-hydrogen) atoms. The minimum atomic E-state index is -0.503. The minimum absolute atomic E-state index is 0.152. The summed E-state index contributed by atoms with van der Waals surface area (Å²) in [5.41, 5.74) is 8.33. The van der Waals surface area contributed by atoms with Crippen LogP contribution in [0.15, 0.2) is 59.9 Å². The largest absolute Gasteiger partial charge is 0.366 e. The molecule has 0 spiro atoms. The molecule has 5 rings (SSSR count). The van der Waals surface area contributed by atoms with Crippen molar-refractivity contribution < 1.29 is 9.59 Å². The normalized spacial score (nSPS) is 14.4. The zero-order valence-corrected chi connectivity index (χ0v) is 18.2. The summed E-state index contributed by atoms with van der Waals surface area (Å²) in [5.74, 6) is 0.167. The number of nitrogens with zero attached hydrogens (tertiary/aromatic N) is 3. The molecule has 1 aliphatic rings. The number of carbonyl (C=O) groups is 2. The summed E-state index contributed by atoms with van der Waals surface area (Å²) in [7, 11) is 0. The number of fused-ring (bicyclic) bond motifs is 1. The highest BCUT2D eigenvalue weighted by Gasteiger charge is 2.32. The number of carbonyl (C=O) groups excluding carboxylic acids is 2. The molecule has 8 nitrogen and oxygen atoms in total. The number of amides is 2. The molecule has 0 unspecified atom stereocenters. The van der Waals surface area contributed by atoms with E-state index in [9.17, 15) is 9.59 Å². The molecule has 9 heteroatoms. The predicted molar refractivity (Wildman–Crippen MR) is 124 cm³/mol. The summed E-state index contributed by atoms with van der Waals surface area (Å²) >= 11 is 1.39. The average Bonchev–Trinajstić information content (AvgIpc) is 3.41. The van der Waals surface area contributed by atoms with Crippen LogP contribution in [0.5, 0.6) is 0 Å². The van der Waals surface area contributed by atoms with Crippen LogP contribution < -0.4 is 11.1 Å². The van der Waals surface area contributed by atoms with Gasteiger partial charge >= 0.3 is 0 Å². The number of hydrogen-bond donors (Lipinski definition) is 3. The van der Waals surface area contributed by atoms with Gasteiger partial charge in [-0.3, -0.25) is 14.2 Å². The standard InChI is InChI=1S/C23H22N6O2S/c1-13(22(31)26-15-8-6-14(7-9-15)20(24)30)32-23-28-27-21(29(23)16-10-11-16)18-12-25-19-5-3-2-4-17(18)19/h2-9,12-13,16,25H,10-11H2,1H3,(H2,24,30)(H,26,31)/t13-/m0/s1. The van der Waals surface area contributed by atoms with Gasteiger partial charge in [-0.1, -0.05) is 30.0 Å². The maximum Gasteiger partial charge on any atom is 0.248 e. The molecule has 1 fully saturated rings. The van der Waals surface area contributed by atoms with E-state index in [1.807, 2.05) is 31.3 Å². The molecule has 4 aromatic rings. The highest BCUT2D eigenvalue weighted by atomic mass is 32.2. The molecular weight excluding hydrogens is 424 g/mol. The second-order valence-electron chi connectivity index (χ2n) is 7.85. The smallest absolute Gasteiger partial charge is 0.248 e. The Balaban J connectivity index is 1.36. The summed E-state index contributed by atoms with van der Waals surface area (Å²) in [4.78, 5) is 27.3. The van der Waals surface area contributed by atoms with E-state index in [-0.39, 0.29) is 11.2 Å². The van der Waals surface area contributed by atoms with Crippen LogP contribution in [0, 0.1) is 0 Å². The number of anilines is 1. The fraction of sp³-hybridized carbons (Fsp3) is 0.217. The maximum absolute atomic E-state index is 12.8. The topological polar surface area (TPSA) is 119 Å². The Labute approximate surface area is 188 Å². The van der Waals surface area contributed by atoms with Crippen LogP contribution >= 0.6 is 11.8 Å². The number of nitrogens with two attached hydrogens (primary N) is 1. The number of benzene rings is 2. The zero-order chi connectivity index (χ0) is 22.2. The highest BCUT2D eigenvalue weighted by Crippen LogP contribution is 2.42. The summed E-state index contributed by atoms with van der Waals surface area (Å²) in [6, 6.07) is 15.0. The number of primary amides is 1. The molecule has 0 aliphatic heterocycles. The van der Waals surface area contributed by atoms with Crippen molar-refractivity contribution in [3.05, 3.63) is 60.3 Å². The third kappa shape index (κ3) is 3.87. The number of aromatic amines is 1. The van der Waals surface area contributed by atoms with Crippen LogP contribution in [0.2, 0.25) is 0 Å². The molecule has 0 radical (unpaired) electrons. The van der Waals surface area contributed by atoms with E-state index in [4.69, 9.17) is 5.73 Å².